The van der Waals surface area contributed by atoms with Gasteiger partial charge in [0.25, 0.3) is 0 Å². The van der Waals surface area contributed by atoms with Gasteiger partial charge in [0, 0.05) is 36.1 Å². The number of rotatable bonds is 7. The van der Waals surface area contributed by atoms with Crippen LogP contribution in [-0.4, -0.2) is 111 Å². The third kappa shape index (κ3) is 5.09. The number of carbonyl (C=O) groups excluding carboxylic acids is 3. The molecule has 13 heteroatoms. The van der Waals surface area contributed by atoms with Crippen molar-refractivity contribution >= 4 is 45.3 Å². The molecule has 2 N–H and O–H groups in total. The predicted molar refractivity (Wildman–Crippen MR) is 183 cm³/mol. The SMILES string of the molecule is O=C1CN(CC(=O)N2[C@@H]3CC[C@H]2CN(c2nc(OCC45CCCN4CCC5)nc4c(F)c(-c5cc(O)cc6ccccc56)ccc24)C3)C(=O)N1. The van der Waals surface area contributed by atoms with E-state index in [0.29, 0.717) is 42.0 Å². The number of carbonyl (C=O) groups is 3. The number of piperazine rings is 1. The third-order valence-corrected chi connectivity index (χ3v) is 11.4. The Morgan fingerprint density at radius 2 is 1.74 bits per heavy atom. The lowest BCUT2D eigenvalue weighted by atomic mass is 9.95. The molecule has 9 rings (SSSR count). The van der Waals surface area contributed by atoms with E-state index in [4.69, 9.17) is 14.7 Å². The molecule has 0 spiro atoms. The lowest BCUT2D eigenvalue weighted by Crippen LogP contribution is -2.58. The number of amides is 4. The summed E-state index contributed by atoms with van der Waals surface area (Å²) < 4.78 is 23.3. The molecule has 0 aliphatic carbocycles. The summed E-state index contributed by atoms with van der Waals surface area (Å²) in [5.41, 5.74) is 0.961. The highest BCUT2D eigenvalue weighted by Gasteiger charge is 2.46. The van der Waals surface area contributed by atoms with E-state index >= 15 is 4.39 Å². The Morgan fingerprint density at radius 3 is 2.48 bits per heavy atom. The Kier molecular flexibility index (Phi) is 7.30. The van der Waals surface area contributed by atoms with Crippen molar-refractivity contribution < 1.29 is 28.6 Å². The second-order valence-electron chi connectivity index (χ2n) is 14.4. The molecule has 3 aromatic carbocycles. The number of urea groups is 1. The van der Waals surface area contributed by atoms with E-state index in [-0.39, 0.29) is 53.9 Å². The number of halogens is 1. The zero-order valence-corrected chi connectivity index (χ0v) is 27.6. The molecule has 0 saturated carbocycles. The van der Waals surface area contributed by atoms with Crippen LogP contribution in [0.25, 0.3) is 32.8 Å². The van der Waals surface area contributed by atoms with Gasteiger partial charge in [0.1, 0.15) is 36.8 Å². The van der Waals surface area contributed by atoms with Crippen molar-refractivity contribution in [2.24, 2.45) is 0 Å². The van der Waals surface area contributed by atoms with E-state index < -0.39 is 17.8 Å². The minimum absolute atomic E-state index is 0.0439. The number of fused-ring (bicyclic) bond motifs is 5. The third-order valence-electron chi connectivity index (χ3n) is 11.4. The summed E-state index contributed by atoms with van der Waals surface area (Å²) >= 11 is 0. The Balaban J connectivity index is 1.08. The predicted octanol–water partition coefficient (Wildman–Crippen LogP) is 4.03. The number of nitrogens with one attached hydrogen (secondary N) is 1. The molecule has 50 heavy (non-hydrogen) atoms. The van der Waals surface area contributed by atoms with Gasteiger partial charge in [-0.2, -0.15) is 9.97 Å². The Labute approximate surface area is 287 Å². The molecule has 2 atom stereocenters. The molecule has 5 saturated heterocycles. The Morgan fingerprint density at radius 1 is 0.980 bits per heavy atom. The van der Waals surface area contributed by atoms with Crippen molar-refractivity contribution in [3.63, 3.8) is 0 Å². The molecule has 4 aromatic rings. The molecule has 6 heterocycles. The van der Waals surface area contributed by atoms with Crippen molar-refractivity contribution in [2.45, 2.75) is 56.1 Å². The fourth-order valence-corrected chi connectivity index (χ4v) is 9.16. The molecular formula is C37H38FN7O5. The number of hydrogen-bond acceptors (Lipinski definition) is 9. The maximum atomic E-state index is 16.9. The number of phenolic OH excluding ortho intramolecular Hbond substituents is 1. The zero-order valence-electron chi connectivity index (χ0n) is 27.6. The monoisotopic (exact) mass is 679 g/mol. The first kappa shape index (κ1) is 31.0. The lowest BCUT2D eigenvalue weighted by molar-refractivity contribution is -0.135. The molecule has 5 fully saturated rings. The standard InChI is InChI=1S/C37H38FN7O5/c38-32-27(29-16-25(46)15-22-5-1-2-6-26(22)29)9-10-28-33(32)40-35(50-21-37-11-3-13-44(37)14-4-12-37)41-34(28)42-17-23-7-8-24(18-42)45(23)31(48)20-43-19-30(47)39-36(43)49/h1-2,5-6,9-10,15-16,23-24,46H,3-4,7-8,11-14,17-21H2,(H,39,47,49)/t23-,24+. The normalized spacial score (nSPS) is 22.9. The maximum absolute atomic E-state index is 16.9. The topological polar surface area (TPSA) is 131 Å². The summed E-state index contributed by atoms with van der Waals surface area (Å²) in [5, 5.41) is 14.9. The average molecular weight is 680 g/mol. The van der Waals surface area contributed by atoms with E-state index in [0.717, 1.165) is 62.4 Å². The van der Waals surface area contributed by atoms with Crippen LogP contribution in [0.1, 0.15) is 38.5 Å². The summed E-state index contributed by atoms with van der Waals surface area (Å²) in [6.07, 6.45) is 5.89. The van der Waals surface area contributed by atoms with Crippen LogP contribution >= 0.6 is 0 Å². The molecular weight excluding hydrogens is 641 g/mol. The summed E-state index contributed by atoms with van der Waals surface area (Å²) in [6.45, 7) is 3.18. The van der Waals surface area contributed by atoms with Gasteiger partial charge in [-0.25, -0.2) is 9.18 Å². The Bertz CT molecular complexity index is 2050. The summed E-state index contributed by atoms with van der Waals surface area (Å²) in [7, 11) is 0. The zero-order chi connectivity index (χ0) is 34.1. The van der Waals surface area contributed by atoms with Crippen LogP contribution in [0.2, 0.25) is 0 Å². The molecule has 4 amide bonds. The molecule has 0 radical (unpaired) electrons. The first-order valence-corrected chi connectivity index (χ1v) is 17.5. The van der Waals surface area contributed by atoms with Crippen molar-refractivity contribution in [1.29, 1.82) is 0 Å². The summed E-state index contributed by atoms with van der Waals surface area (Å²) in [4.78, 5) is 54.7. The highest BCUT2D eigenvalue weighted by molar-refractivity contribution is 6.03. The van der Waals surface area contributed by atoms with E-state index in [1.54, 1.807) is 18.2 Å². The number of imide groups is 1. The van der Waals surface area contributed by atoms with Gasteiger partial charge in [-0.05, 0) is 86.1 Å². The number of ether oxygens (including phenoxy) is 1. The van der Waals surface area contributed by atoms with Crippen LogP contribution in [0.4, 0.5) is 15.0 Å². The fraction of sp³-hybridized carbons (Fsp3) is 0.432. The van der Waals surface area contributed by atoms with Gasteiger partial charge >= 0.3 is 12.0 Å². The highest BCUT2D eigenvalue weighted by Crippen LogP contribution is 2.42. The van der Waals surface area contributed by atoms with Gasteiger partial charge in [-0.15, -0.1) is 0 Å². The van der Waals surface area contributed by atoms with Gasteiger partial charge in [0.2, 0.25) is 11.8 Å². The molecule has 258 valence electrons. The molecule has 2 bridgehead atoms. The number of anilines is 1. The quantitative estimate of drug-likeness (QED) is 0.278. The number of phenols is 1. The van der Waals surface area contributed by atoms with Gasteiger partial charge in [0.15, 0.2) is 5.82 Å². The molecule has 1 aromatic heterocycles. The fourth-order valence-electron chi connectivity index (χ4n) is 9.16. The Hall–Kier alpha value is -5.04. The second kappa shape index (κ2) is 11.8. The summed E-state index contributed by atoms with van der Waals surface area (Å²) in [5.74, 6) is -0.530. The van der Waals surface area contributed by atoms with Crippen LogP contribution in [0.15, 0.2) is 48.5 Å². The average Bonchev–Trinajstić information content (AvgIpc) is 3.84. The van der Waals surface area contributed by atoms with Crippen molar-refractivity contribution in [3.05, 3.63) is 54.3 Å². The number of aromatic hydroxyl groups is 1. The first-order chi connectivity index (χ1) is 24.3. The van der Waals surface area contributed by atoms with Crippen LogP contribution in [-0.2, 0) is 9.59 Å². The first-order valence-electron chi connectivity index (χ1n) is 17.5. The number of benzene rings is 3. The van der Waals surface area contributed by atoms with Crippen molar-refractivity contribution in [1.82, 2.24) is 30.0 Å². The molecule has 5 aliphatic rings. The second-order valence-corrected chi connectivity index (χ2v) is 14.4. The van der Waals surface area contributed by atoms with E-state index in [2.05, 4.69) is 15.1 Å². The minimum atomic E-state index is -0.549. The number of nitrogens with zero attached hydrogens (tertiary/aromatic N) is 6. The number of aromatic nitrogens is 2. The van der Waals surface area contributed by atoms with Gasteiger partial charge in [-0.3, -0.25) is 19.8 Å². The van der Waals surface area contributed by atoms with Gasteiger partial charge in [-0.1, -0.05) is 30.3 Å². The summed E-state index contributed by atoms with van der Waals surface area (Å²) in [6, 6.07) is 13.7. The van der Waals surface area contributed by atoms with E-state index in [1.165, 1.54) is 4.90 Å². The lowest BCUT2D eigenvalue weighted by Gasteiger charge is -2.42. The van der Waals surface area contributed by atoms with E-state index in [9.17, 15) is 19.5 Å². The highest BCUT2D eigenvalue weighted by atomic mass is 19.1. The van der Waals surface area contributed by atoms with Crippen LogP contribution in [0.3, 0.4) is 0 Å². The van der Waals surface area contributed by atoms with Gasteiger partial charge < -0.3 is 24.5 Å². The smallest absolute Gasteiger partial charge is 0.325 e. The van der Waals surface area contributed by atoms with Crippen molar-refractivity contribution in [2.75, 3.05) is 50.8 Å². The number of hydrogen-bond donors (Lipinski definition) is 2. The molecule has 0 unspecified atom stereocenters. The molecule has 12 nitrogen and oxygen atoms in total. The van der Waals surface area contributed by atoms with Crippen molar-refractivity contribution in [3.8, 4) is 22.9 Å². The molecule has 5 aliphatic heterocycles. The largest absolute Gasteiger partial charge is 0.508 e. The minimum Gasteiger partial charge on any atom is -0.508 e. The van der Waals surface area contributed by atoms with Crippen LogP contribution < -0.4 is 15.0 Å². The van der Waals surface area contributed by atoms with Crippen LogP contribution in [0, 0.1) is 5.82 Å². The van der Waals surface area contributed by atoms with Gasteiger partial charge in [0.05, 0.1) is 5.54 Å². The van der Waals surface area contributed by atoms with Crippen LogP contribution in [0.5, 0.6) is 11.8 Å². The van der Waals surface area contributed by atoms with E-state index in [1.807, 2.05) is 35.2 Å². The maximum Gasteiger partial charge on any atom is 0.325 e.